The second kappa shape index (κ2) is 11.1. The van der Waals surface area contributed by atoms with E-state index < -0.39 is 25.6 Å². The van der Waals surface area contributed by atoms with Gasteiger partial charge in [0.2, 0.25) is 5.91 Å². The van der Waals surface area contributed by atoms with Crippen molar-refractivity contribution >= 4 is 81.3 Å². The maximum Gasteiger partial charge on any atom is 0.237 e. The van der Waals surface area contributed by atoms with E-state index in [1.165, 1.54) is 0 Å². The van der Waals surface area contributed by atoms with E-state index in [0.717, 1.165) is 0 Å². The third kappa shape index (κ3) is 9.36. The molecular weight excluding hydrogens is 465 g/mol. The van der Waals surface area contributed by atoms with E-state index in [1.54, 1.807) is 39.8 Å². The van der Waals surface area contributed by atoms with Crippen molar-refractivity contribution in [2.75, 3.05) is 14.1 Å². The van der Waals surface area contributed by atoms with Gasteiger partial charge in [0.05, 0.1) is 12.1 Å². The molecule has 0 rings (SSSR count). The number of nitrogens with one attached hydrogen (secondary N) is 1. The van der Waals surface area contributed by atoms with Gasteiger partial charge in [-0.2, -0.15) is 0 Å². The minimum absolute atomic E-state index is 0.133. The van der Waals surface area contributed by atoms with Gasteiger partial charge >= 0.3 is 0 Å². The van der Waals surface area contributed by atoms with Crippen molar-refractivity contribution in [3.8, 4) is 0 Å². The molecule has 0 spiro atoms. The summed E-state index contributed by atoms with van der Waals surface area (Å²) in [7, 11) is 3.49. The number of likely N-dealkylation sites (N-methyl/N-ethyl adjacent to an activating group) is 1. The van der Waals surface area contributed by atoms with Gasteiger partial charge < -0.3 is 5.32 Å². The van der Waals surface area contributed by atoms with Gasteiger partial charge in [-0.05, 0) is 26.9 Å². The number of amides is 1. The predicted octanol–water partition coefficient (Wildman–Crippen LogP) is 5.17. The predicted molar refractivity (Wildman–Crippen MR) is 113 cm³/mol. The van der Waals surface area contributed by atoms with E-state index in [9.17, 15) is 9.59 Å². The smallest absolute Gasteiger partial charge is 0.237 e. The zero-order valence-electron chi connectivity index (χ0n) is 15.5. The summed E-state index contributed by atoms with van der Waals surface area (Å²) in [6.07, 6.45) is 0.784. The molecule has 0 heterocycles. The van der Waals surface area contributed by atoms with Gasteiger partial charge in [0.25, 0.3) is 0 Å². The number of Topliss-reactive ketones (excluding diaryl/α,β-unsaturated/α-hetero) is 1. The van der Waals surface area contributed by atoms with Gasteiger partial charge in [-0.1, -0.05) is 90.4 Å². The Balaban J connectivity index is 5.26. The zero-order chi connectivity index (χ0) is 20.9. The van der Waals surface area contributed by atoms with Crippen LogP contribution in [-0.4, -0.2) is 50.4 Å². The van der Waals surface area contributed by atoms with Crippen LogP contribution in [0.2, 0.25) is 0 Å². The molecular formula is C16H26Cl6N2O2. The molecule has 0 saturated carbocycles. The summed E-state index contributed by atoms with van der Waals surface area (Å²) in [4.78, 5) is 26.8. The highest BCUT2D eigenvalue weighted by atomic mass is 35.6. The first-order valence-electron chi connectivity index (χ1n) is 8.24. The largest absolute Gasteiger partial charge is 0.345 e. The van der Waals surface area contributed by atoms with E-state index in [1.807, 2.05) is 0 Å². The Bertz CT molecular complexity index is 476. The third-order valence-electron chi connectivity index (χ3n) is 4.26. The number of carbonyl (C=O) groups excluding carboxylic acids is 2. The number of alkyl halides is 6. The second-order valence-corrected chi connectivity index (χ2v) is 11.5. The van der Waals surface area contributed by atoms with Crippen molar-refractivity contribution in [1.29, 1.82) is 0 Å². The molecule has 0 saturated heterocycles. The second-order valence-electron chi connectivity index (χ2n) is 6.72. The lowest BCUT2D eigenvalue weighted by Gasteiger charge is -2.31. The summed E-state index contributed by atoms with van der Waals surface area (Å²) >= 11 is 35.4. The first-order chi connectivity index (χ1) is 11.6. The van der Waals surface area contributed by atoms with Crippen molar-refractivity contribution in [3.63, 3.8) is 0 Å². The first kappa shape index (κ1) is 26.8. The topological polar surface area (TPSA) is 49.4 Å². The minimum atomic E-state index is -1.53. The van der Waals surface area contributed by atoms with Crippen LogP contribution in [0.25, 0.3) is 0 Å². The van der Waals surface area contributed by atoms with Crippen molar-refractivity contribution in [3.05, 3.63) is 0 Å². The summed E-state index contributed by atoms with van der Waals surface area (Å²) in [5.41, 5.74) is 0. The molecule has 0 bridgehead atoms. The highest BCUT2D eigenvalue weighted by Crippen LogP contribution is 2.38. The molecule has 0 aromatic heterocycles. The first-order valence-corrected chi connectivity index (χ1v) is 10.5. The Kier molecular flexibility index (Phi) is 11.5. The van der Waals surface area contributed by atoms with Gasteiger partial charge in [-0.3, -0.25) is 14.5 Å². The number of rotatable bonds is 9. The van der Waals surface area contributed by atoms with E-state index in [-0.39, 0.29) is 30.4 Å². The summed E-state index contributed by atoms with van der Waals surface area (Å²) in [5.74, 6) is -1.26. The van der Waals surface area contributed by atoms with Crippen LogP contribution in [0.4, 0.5) is 0 Å². The highest BCUT2D eigenvalue weighted by molar-refractivity contribution is 6.68. The number of hydrogen-bond donors (Lipinski definition) is 1. The number of hydrogen-bond acceptors (Lipinski definition) is 3. The molecule has 0 aliphatic carbocycles. The van der Waals surface area contributed by atoms with E-state index in [4.69, 9.17) is 69.6 Å². The normalized spacial score (nSPS) is 17.5. The van der Waals surface area contributed by atoms with E-state index >= 15 is 0 Å². The van der Waals surface area contributed by atoms with Gasteiger partial charge in [0, 0.05) is 18.3 Å². The van der Waals surface area contributed by atoms with Crippen molar-refractivity contribution in [2.24, 2.45) is 11.8 Å². The Labute approximate surface area is 186 Å². The lowest BCUT2D eigenvalue weighted by molar-refractivity contribution is -0.131. The van der Waals surface area contributed by atoms with Crippen LogP contribution < -0.4 is 5.32 Å². The van der Waals surface area contributed by atoms with Crippen molar-refractivity contribution in [1.82, 2.24) is 10.2 Å². The van der Waals surface area contributed by atoms with Crippen LogP contribution in [0, 0.1) is 11.8 Å². The molecule has 10 heteroatoms. The molecule has 0 aliphatic rings. The summed E-state index contributed by atoms with van der Waals surface area (Å²) < 4.78 is -3.01. The Morgan fingerprint density at radius 2 is 1.35 bits per heavy atom. The number of nitrogens with zero attached hydrogens (tertiary/aromatic N) is 1. The average Bonchev–Trinajstić information content (AvgIpc) is 2.48. The minimum Gasteiger partial charge on any atom is -0.345 e. The number of halogens is 6. The highest BCUT2D eigenvalue weighted by Gasteiger charge is 2.36. The lowest BCUT2D eigenvalue weighted by Crippen LogP contribution is -2.51. The molecule has 0 radical (unpaired) electrons. The van der Waals surface area contributed by atoms with Crippen LogP contribution in [0.3, 0.4) is 0 Å². The summed E-state index contributed by atoms with van der Waals surface area (Å²) in [5, 5.41) is 2.77. The fourth-order valence-corrected chi connectivity index (χ4v) is 2.83. The lowest BCUT2D eigenvalue weighted by atomic mass is 9.96. The average molecular weight is 491 g/mol. The quantitative estimate of drug-likeness (QED) is 0.453. The fourth-order valence-electron chi connectivity index (χ4n) is 2.29. The van der Waals surface area contributed by atoms with Gasteiger partial charge in [-0.25, -0.2) is 0 Å². The van der Waals surface area contributed by atoms with Crippen LogP contribution in [-0.2, 0) is 9.59 Å². The van der Waals surface area contributed by atoms with Crippen LogP contribution in [0.5, 0.6) is 0 Å². The van der Waals surface area contributed by atoms with Crippen molar-refractivity contribution in [2.45, 2.75) is 59.7 Å². The number of ketones is 1. The van der Waals surface area contributed by atoms with E-state index in [2.05, 4.69) is 5.32 Å². The maximum absolute atomic E-state index is 12.8. The molecule has 4 unspecified atom stereocenters. The Morgan fingerprint density at radius 1 is 0.923 bits per heavy atom. The summed E-state index contributed by atoms with van der Waals surface area (Å²) in [6, 6.07) is -1.32. The van der Waals surface area contributed by atoms with Crippen LogP contribution in [0.15, 0.2) is 0 Å². The molecule has 4 nitrogen and oxygen atoms in total. The fraction of sp³-hybridized carbons (Fsp3) is 0.875. The third-order valence-corrected chi connectivity index (χ3v) is 6.50. The number of carbonyl (C=O) groups is 2. The zero-order valence-corrected chi connectivity index (χ0v) is 20.0. The molecule has 0 aromatic rings. The van der Waals surface area contributed by atoms with Crippen LogP contribution in [0.1, 0.15) is 40.0 Å². The molecule has 1 amide bonds. The van der Waals surface area contributed by atoms with E-state index in [0.29, 0.717) is 6.42 Å². The molecule has 0 fully saturated rings. The standard InChI is InChI=1S/C16H26Cl6N2O2/c1-6-13(25)11(7-9(2)15(17,18)19)23-14(26)12(24(4)5)8-10(3)16(20,21)22/h9-12H,6-8H2,1-5H3,(H,23,26). The molecule has 1 N–H and O–H groups in total. The van der Waals surface area contributed by atoms with Gasteiger partial charge in [-0.15, -0.1) is 0 Å². The maximum atomic E-state index is 12.8. The van der Waals surface area contributed by atoms with Crippen molar-refractivity contribution < 1.29 is 9.59 Å². The van der Waals surface area contributed by atoms with Crippen LogP contribution >= 0.6 is 69.6 Å². The molecule has 0 aliphatic heterocycles. The SMILES string of the molecule is CCC(=O)C(CC(C)C(Cl)(Cl)Cl)NC(=O)C(CC(C)C(Cl)(Cl)Cl)N(C)C. The Morgan fingerprint density at radius 3 is 1.69 bits per heavy atom. The van der Waals surface area contributed by atoms with Gasteiger partial charge in [0.1, 0.15) is 0 Å². The Hall–Kier alpha value is 0.840. The molecule has 0 aromatic carbocycles. The van der Waals surface area contributed by atoms with Gasteiger partial charge in [0.15, 0.2) is 13.4 Å². The monoisotopic (exact) mass is 488 g/mol. The molecule has 154 valence electrons. The summed E-state index contributed by atoms with van der Waals surface area (Å²) in [6.45, 7) is 5.18. The molecule has 4 atom stereocenters. The molecule has 26 heavy (non-hydrogen) atoms.